The molecule has 1 atom stereocenters. The van der Waals surface area contributed by atoms with Crippen LogP contribution >= 0.6 is 22.9 Å². The molecule has 1 saturated heterocycles. The second-order valence-electron chi connectivity index (χ2n) is 6.01. The third-order valence-electron chi connectivity index (χ3n) is 4.27. The van der Waals surface area contributed by atoms with Gasteiger partial charge in [-0.15, -0.1) is 0 Å². The predicted molar refractivity (Wildman–Crippen MR) is 99.5 cm³/mol. The molecule has 3 rings (SSSR count). The Kier molecular flexibility index (Phi) is 5.72. The van der Waals surface area contributed by atoms with Crippen molar-refractivity contribution >= 4 is 22.9 Å². The number of aromatic nitrogens is 2. The summed E-state index contributed by atoms with van der Waals surface area (Å²) in [7, 11) is 0. The first-order chi connectivity index (χ1) is 11.6. The van der Waals surface area contributed by atoms with Gasteiger partial charge in [-0.05, 0) is 38.4 Å². The van der Waals surface area contributed by atoms with Gasteiger partial charge in [0, 0.05) is 16.6 Å². The quantitative estimate of drug-likeness (QED) is 0.785. The standard InChI is InChI=1S/C18H20ClN3OS/c1-14-6-2-3-11-21(14)12-4-5-13-22-18(23)24-17(20-22)15-7-9-16(19)10-8-15/h7-10,14H,2-3,6,11-13H2,1H3. The van der Waals surface area contributed by atoms with E-state index in [1.807, 2.05) is 12.1 Å². The van der Waals surface area contributed by atoms with Gasteiger partial charge in [0.1, 0.15) is 11.6 Å². The fraction of sp³-hybridized carbons (Fsp3) is 0.444. The van der Waals surface area contributed by atoms with Gasteiger partial charge < -0.3 is 0 Å². The number of rotatable bonds is 3. The molecule has 2 heterocycles. The monoisotopic (exact) mass is 361 g/mol. The van der Waals surface area contributed by atoms with Gasteiger partial charge in [-0.1, -0.05) is 53.3 Å². The lowest BCUT2D eigenvalue weighted by molar-refractivity contribution is 0.182. The van der Waals surface area contributed by atoms with E-state index in [4.69, 9.17) is 11.6 Å². The van der Waals surface area contributed by atoms with Crippen molar-refractivity contribution in [3.63, 3.8) is 0 Å². The van der Waals surface area contributed by atoms with Crippen LogP contribution in [0.3, 0.4) is 0 Å². The average molecular weight is 362 g/mol. The molecule has 0 amide bonds. The summed E-state index contributed by atoms with van der Waals surface area (Å²) < 4.78 is 1.43. The van der Waals surface area contributed by atoms with Gasteiger partial charge in [-0.25, -0.2) is 4.68 Å². The van der Waals surface area contributed by atoms with Crippen LogP contribution in [0.2, 0.25) is 5.02 Å². The molecule has 1 aromatic heterocycles. The Balaban J connectivity index is 1.63. The maximum Gasteiger partial charge on any atom is 0.326 e. The molecule has 0 radical (unpaired) electrons. The lowest BCUT2D eigenvalue weighted by Gasteiger charge is -2.31. The molecule has 0 spiro atoms. The van der Waals surface area contributed by atoms with Crippen LogP contribution in [0.4, 0.5) is 0 Å². The van der Waals surface area contributed by atoms with Gasteiger partial charge in [-0.3, -0.25) is 9.69 Å². The van der Waals surface area contributed by atoms with Crippen molar-refractivity contribution in [1.29, 1.82) is 0 Å². The molecule has 1 fully saturated rings. The van der Waals surface area contributed by atoms with E-state index in [2.05, 4.69) is 28.8 Å². The first-order valence-electron chi connectivity index (χ1n) is 8.17. The molecule has 0 aliphatic carbocycles. The van der Waals surface area contributed by atoms with E-state index in [0.717, 1.165) is 30.0 Å². The van der Waals surface area contributed by atoms with Crippen molar-refractivity contribution in [1.82, 2.24) is 14.7 Å². The highest BCUT2D eigenvalue weighted by Gasteiger charge is 2.16. The van der Waals surface area contributed by atoms with Crippen LogP contribution in [0.5, 0.6) is 0 Å². The minimum Gasteiger partial charge on any atom is -0.290 e. The van der Waals surface area contributed by atoms with Gasteiger partial charge in [-0.2, -0.15) is 5.10 Å². The Morgan fingerprint density at radius 3 is 2.75 bits per heavy atom. The molecule has 24 heavy (non-hydrogen) atoms. The zero-order valence-electron chi connectivity index (χ0n) is 13.7. The smallest absolute Gasteiger partial charge is 0.290 e. The lowest BCUT2D eigenvalue weighted by atomic mass is 10.0. The second kappa shape index (κ2) is 7.98. The summed E-state index contributed by atoms with van der Waals surface area (Å²) in [5, 5.41) is 5.74. The molecular formula is C18H20ClN3OS. The molecule has 0 N–H and O–H groups in total. The summed E-state index contributed by atoms with van der Waals surface area (Å²) in [6.45, 7) is 4.48. The Morgan fingerprint density at radius 1 is 1.25 bits per heavy atom. The largest absolute Gasteiger partial charge is 0.326 e. The van der Waals surface area contributed by atoms with Crippen LogP contribution in [-0.2, 0) is 6.54 Å². The number of nitrogens with zero attached hydrogens (tertiary/aromatic N) is 3. The Labute approximate surface area is 151 Å². The van der Waals surface area contributed by atoms with E-state index in [1.165, 1.54) is 23.9 Å². The minimum atomic E-state index is -0.0828. The Bertz CT molecular complexity index is 800. The van der Waals surface area contributed by atoms with Gasteiger partial charge in [0.25, 0.3) is 0 Å². The molecule has 2 aromatic rings. The summed E-state index contributed by atoms with van der Waals surface area (Å²) in [6.07, 6.45) is 3.81. The van der Waals surface area contributed by atoms with Crippen molar-refractivity contribution in [3.05, 3.63) is 39.0 Å². The number of piperidine rings is 1. The summed E-state index contributed by atoms with van der Waals surface area (Å²) in [5.41, 5.74) is 0.898. The van der Waals surface area contributed by atoms with Crippen molar-refractivity contribution in [2.24, 2.45) is 0 Å². The number of likely N-dealkylation sites (tertiary alicyclic amines) is 1. The van der Waals surface area contributed by atoms with Crippen LogP contribution < -0.4 is 4.87 Å². The van der Waals surface area contributed by atoms with Crippen LogP contribution in [0.25, 0.3) is 10.6 Å². The minimum absolute atomic E-state index is 0.0828. The number of halogens is 1. The Morgan fingerprint density at radius 2 is 2.00 bits per heavy atom. The van der Waals surface area contributed by atoms with Gasteiger partial charge in [0.15, 0.2) is 0 Å². The first-order valence-corrected chi connectivity index (χ1v) is 9.36. The van der Waals surface area contributed by atoms with Crippen molar-refractivity contribution in [2.45, 2.75) is 38.8 Å². The summed E-state index contributed by atoms with van der Waals surface area (Å²) in [5.74, 6) is 6.26. The molecule has 1 aromatic carbocycles. The number of benzene rings is 1. The van der Waals surface area contributed by atoms with Crippen molar-refractivity contribution < 1.29 is 0 Å². The number of hydrogen-bond donors (Lipinski definition) is 0. The predicted octanol–water partition coefficient (Wildman–Crippen LogP) is 3.50. The van der Waals surface area contributed by atoms with E-state index in [9.17, 15) is 4.79 Å². The van der Waals surface area contributed by atoms with Crippen LogP contribution in [0, 0.1) is 11.8 Å². The second-order valence-corrected chi connectivity index (χ2v) is 7.38. The molecule has 0 bridgehead atoms. The number of hydrogen-bond acceptors (Lipinski definition) is 4. The zero-order chi connectivity index (χ0) is 16.9. The maximum absolute atomic E-state index is 12.0. The first kappa shape index (κ1) is 17.2. The zero-order valence-corrected chi connectivity index (χ0v) is 15.2. The van der Waals surface area contributed by atoms with E-state index in [0.29, 0.717) is 22.6 Å². The summed E-state index contributed by atoms with van der Waals surface area (Å²) in [4.78, 5) is 14.4. The molecule has 126 valence electrons. The third kappa shape index (κ3) is 4.27. The highest BCUT2D eigenvalue weighted by molar-refractivity contribution is 7.12. The van der Waals surface area contributed by atoms with E-state index >= 15 is 0 Å². The Hall–Kier alpha value is -1.61. The summed E-state index contributed by atoms with van der Waals surface area (Å²) >= 11 is 7.02. The normalized spacial score (nSPS) is 18.2. The molecule has 1 unspecified atom stereocenters. The topological polar surface area (TPSA) is 38.1 Å². The maximum atomic E-state index is 12.0. The fourth-order valence-electron chi connectivity index (χ4n) is 2.80. The molecule has 6 heteroatoms. The third-order valence-corrected chi connectivity index (χ3v) is 5.42. The van der Waals surface area contributed by atoms with Crippen LogP contribution in [0.1, 0.15) is 26.2 Å². The average Bonchev–Trinajstić information content (AvgIpc) is 2.95. The molecule has 1 aliphatic rings. The van der Waals surface area contributed by atoms with E-state index < -0.39 is 0 Å². The van der Waals surface area contributed by atoms with Gasteiger partial charge in [0.2, 0.25) is 0 Å². The molecule has 4 nitrogen and oxygen atoms in total. The van der Waals surface area contributed by atoms with Gasteiger partial charge >= 0.3 is 4.87 Å². The van der Waals surface area contributed by atoms with Gasteiger partial charge in [0.05, 0.1) is 6.54 Å². The van der Waals surface area contributed by atoms with E-state index in [1.54, 1.807) is 12.1 Å². The molecular weight excluding hydrogens is 342 g/mol. The SMILES string of the molecule is CC1CCCCN1CC#CCn1nc(-c2ccc(Cl)cc2)sc1=O. The van der Waals surface area contributed by atoms with E-state index in [-0.39, 0.29) is 4.87 Å². The van der Waals surface area contributed by atoms with Crippen LogP contribution in [0.15, 0.2) is 29.1 Å². The fourth-order valence-corrected chi connectivity index (χ4v) is 3.69. The van der Waals surface area contributed by atoms with Crippen LogP contribution in [-0.4, -0.2) is 33.8 Å². The highest BCUT2D eigenvalue weighted by atomic mass is 35.5. The van der Waals surface area contributed by atoms with Crippen molar-refractivity contribution in [2.75, 3.05) is 13.1 Å². The van der Waals surface area contributed by atoms with Crippen molar-refractivity contribution in [3.8, 4) is 22.4 Å². The lowest BCUT2D eigenvalue weighted by Crippen LogP contribution is -2.37. The molecule has 1 aliphatic heterocycles. The summed E-state index contributed by atoms with van der Waals surface area (Å²) in [6, 6.07) is 7.94. The highest BCUT2D eigenvalue weighted by Crippen LogP contribution is 2.21. The molecule has 0 saturated carbocycles.